The molecule has 1 rings (SSSR count). The molecule has 2 unspecified atom stereocenters. The van der Waals surface area contributed by atoms with Crippen molar-refractivity contribution in [1.82, 2.24) is 0 Å². The first kappa shape index (κ1) is 14.5. The zero-order valence-corrected chi connectivity index (χ0v) is 11.4. The summed E-state index contributed by atoms with van der Waals surface area (Å²) in [7, 11) is -3.07. The van der Waals surface area contributed by atoms with E-state index in [1.54, 1.807) is 6.92 Å². The van der Waals surface area contributed by atoms with E-state index in [9.17, 15) is 18.3 Å². The highest BCUT2D eigenvalue weighted by molar-refractivity contribution is 7.91. The van der Waals surface area contributed by atoms with Crippen LogP contribution in [0.3, 0.4) is 0 Å². The zero-order valence-electron chi connectivity index (χ0n) is 10.6. The van der Waals surface area contributed by atoms with Crippen LogP contribution in [0.25, 0.3) is 0 Å². The normalized spacial score (nSPS) is 30.1. The quantitative estimate of drug-likeness (QED) is 0.823. The number of rotatable bonds is 5. The standard InChI is InChI=1S/C12H22O4S/c1-3-17(15,16)8-7-12(11(13)14)6-4-5-10(2)9-12/h10H,3-9H2,1-2H3,(H,13,14). The summed E-state index contributed by atoms with van der Waals surface area (Å²) in [5.74, 6) is -0.347. The van der Waals surface area contributed by atoms with E-state index < -0.39 is 21.2 Å². The molecule has 1 N–H and O–H groups in total. The van der Waals surface area contributed by atoms with Crippen LogP contribution < -0.4 is 0 Å². The Balaban J connectivity index is 2.76. The van der Waals surface area contributed by atoms with Crippen molar-refractivity contribution >= 4 is 15.8 Å². The zero-order chi connectivity index (χ0) is 13.1. The lowest BCUT2D eigenvalue weighted by molar-refractivity contribution is -0.152. The van der Waals surface area contributed by atoms with Gasteiger partial charge in [0.1, 0.15) is 9.84 Å². The molecule has 100 valence electrons. The van der Waals surface area contributed by atoms with Crippen molar-refractivity contribution in [3.8, 4) is 0 Å². The average Bonchev–Trinajstić information content (AvgIpc) is 2.26. The molecule has 0 amide bonds. The van der Waals surface area contributed by atoms with Crippen molar-refractivity contribution in [3.05, 3.63) is 0 Å². The van der Waals surface area contributed by atoms with Gasteiger partial charge in [0.15, 0.2) is 0 Å². The van der Waals surface area contributed by atoms with Crippen LogP contribution in [0.1, 0.15) is 46.0 Å². The third-order valence-corrected chi connectivity index (χ3v) is 5.58. The minimum Gasteiger partial charge on any atom is -0.481 e. The van der Waals surface area contributed by atoms with Gasteiger partial charge in [-0.25, -0.2) is 8.42 Å². The number of aliphatic carboxylic acids is 1. The molecule has 0 spiro atoms. The van der Waals surface area contributed by atoms with Gasteiger partial charge in [0.2, 0.25) is 0 Å². The van der Waals surface area contributed by atoms with E-state index in [1.807, 2.05) is 6.92 Å². The van der Waals surface area contributed by atoms with E-state index in [-0.39, 0.29) is 17.9 Å². The Bertz CT molecular complexity index is 374. The van der Waals surface area contributed by atoms with Crippen LogP contribution in [-0.2, 0) is 14.6 Å². The third kappa shape index (κ3) is 3.69. The molecule has 1 aliphatic carbocycles. The predicted molar refractivity (Wildman–Crippen MR) is 66.6 cm³/mol. The van der Waals surface area contributed by atoms with Crippen LogP contribution in [0.4, 0.5) is 0 Å². The maximum atomic E-state index is 11.5. The number of hydrogen-bond donors (Lipinski definition) is 1. The molecule has 0 heterocycles. The lowest BCUT2D eigenvalue weighted by Gasteiger charge is -2.36. The molecule has 0 aliphatic heterocycles. The summed E-state index contributed by atoms with van der Waals surface area (Å²) in [6, 6.07) is 0. The van der Waals surface area contributed by atoms with E-state index in [2.05, 4.69) is 0 Å². The number of hydrogen-bond acceptors (Lipinski definition) is 3. The van der Waals surface area contributed by atoms with Crippen molar-refractivity contribution < 1.29 is 18.3 Å². The molecule has 5 heteroatoms. The molecule has 17 heavy (non-hydrogen) atoms. The van der Waals surface area contributed by atoms with Crippen molar-refractivity contribution in [2.45, 2.75) is 46.0 Å². The van der Waals surface area contributed by atoms with Gasteiger partial charge < -0.3 is 5.11 Å². The first-order valence-electron chi connectivity index (χ1n) is 6.25. The molecular weight excluding hydrogens is 240 g/mol. The topological polar surface area (TPSA) is 71.4 Å². The number of carboxylic acids is 1. The van der Waals surface area contributed by atoms with Gasteiger partial charge in [0, 0.05) is 5.75 Å². The Morgan fingerprint density at radius 3 is 2.59 bits per heavy atom. The van der Waals surface area contributed by atoms with Gasteiger partial charge in [-0.1, -0.05) is 26.7 Å². The molecule has 0 radical (unpaired) electrons. The maximum absolute atomic E-state index is 11.5. The largest absolute Gasteiger partial charge is 0.481 e. The van der Waals surface area contributed by atoms with Gasteiger partial charge in [-0.05, 0) is 25.2 Å². The van der Waals surface area contributed by atoms with Crippen LogP contribution in [0.15, 0.2) is 0 Å². The van der Waals surface area contributed by atoms with Crippen molar-refractivity contribution in [2.75, 3.05) is 11.5 Å². The summed E-state index contributed by atoms with van der Waals surface area (Å²) in [6.07, 6.45) is 3.44. The Labute approximate surface area is 103 Å². The molecule has 0 aromatic heterocycles. The number of carboxylic acid groups (broad SMARTS) is 1. The average molecular weight is 262 g/mol. The van der Waals surface area contributed by atoms with Gasteiger partial charge in [0.05, 0.1) is 11.2 Å². The van der Waals surface area contributed by atoms with E-state index in [0.29, 0.717) is 18.8 Å². The van der Waals surface area contributed by atoms with Crippen molar-refractivity contribution in [2.24, 2.45) is 11.3 Å². The molecule has 0 bridgehead atoms. The van der Waals surface area contributed by atoms with Gasteiger partial charge in [-0.3, -0.25) is 4.79 Å². The first-order valence-corrected chi connectivity index (χ1v) is 8.07. The van der Waals surface area contributed by atoms with Gasteiger partial charge in [-0.2, -0.15) is 0 Å². The molecule has 0 aromatic rings. The summed E-state index contributed by atoms with van der Waals surface area (Å²) >= 11 is 0. The second-order valence-corrected chi connectivity index (χ2v) is 7.75. The maximum Gasteiger partial charge on any atom is 0.309 e. The van der Waals surface area contributed by atoms with Gasteiger partial charge in [-0.15, -0.1) is 0 Å². The molecule has 4 nitrogen and oxygen atoms in total. The highest BCUT2D eigenvalue weighted by Gasteiger charge is 2.42. The lowest BCUT2D eigenvalue weighted by Crippen LogP contribution is -2.37. The summed E-state index contributed by atoms with van der Waals surface area (Å²) in [5.41, 5.74) is -0.806. The van der Waals surface area contributed by atoms with Crippen LogP contribution in [0.2, 0.25) is 0 Å². The Morgan fingerprint density at radius 2 is 2.12 bits per heavy atom. The van der Waals surface area contributed by atoms with E-state index in [4.69, 9.17) is 0 Å². The molecule has 0 saturated heterocycles. The van der Waals surface area contributed by atoms with Crippen molar-refractivity contribution in [1.29, 1.82) is 0 Å². The van der Waals surface area contributed by atoms with Gasteiger partial charge in [0.25, 0.3) is 0 Å². The Hall–Kier alpha value is -0.580. The SMILES string of the molecule is CCS(=O)(=O)CCC1(C(=O)O)CCCC(C)C1. The summed E-state index contributed by atoms with van der Waals surface area (Å²) in [6.45, 7) is 3.65. The molecule has 1 aliphatic rings. The summed E-state index contributed by atoms with van der Waals surface area (Å²) in [5, 5.41) is 9.38. The lowest BCUT2D eigenvalue weighted by atomic mass is 9.68. The van der Waals surface area contributed by atoms with Crippen LogP contribution in [0.5, 0.6) is 0 Å². The third-order valence-electron chi connectivity index (χ3n) is 3.88. The molecule has 2 atom stereocenters. The fourth-order valence-electron chi connectivity index (χ4n) is 2.68. The summed E-state index contributed by atoms with van der Waals surface area (Å²) in [4.78, 5) is 11.4. The highest BCUT2D eigenvalue weighted by atomic mass is 32.2. The molecule has 1 fully saturated rings. The van der Waals surface area contributed by atoms with Crippen molar-refractivity contribution in [3.63, 3.8) is 0 Å². The minimum absolute atomic E-state index is 0.00250. The second kappa shape index (κ2) is 5.38. The van der Waals surface area contributed by atoms with Crippen LogP contribution in [-0.4, -0.2) is 31.0 Å². The Morgan fingerprint density at radius 1 is 1.47 bits per heavy atom. The highest BCUT2D eigenvalue weighted by Crippen LogP contribution is 2.42. The number of sulfone groups is 1. The fourth-order valence-corrected chi connectivity index (χ4v) is 3.67. The summed E-state index contributed by atoms with van der Waals surface area (Å²) < 4.78 is 23.0. The first-order chi connectivity index (χ1) is 7.81. The minimum atomic E-state index is -3.07. The molecule has 0 aromatic carbocycles. The molecule has 1 saturated carbocycles. The smallest absolute Gasteiger partial charge is 0.309 e. The van der Waals surface area contributed by atoms with E-state index in [0.717, 1.165) is 12.8 Å². The monoisotopic (exact) mass is 262 g/mol. The second-order valence-electron chi connectivity index (χ2n) is 5.27. The van der Waals surface area contributed by atoms with Crippen LogP contribution >= 0.6 is 0 Å². The van der Waals surface area contributed by atoms with E-state index >= 15 is 0 Å². The van der Waals surface area contributed by atoms with Crippen LogP contribution in [0, 0.1) is 11.3 Å². The number of carbonyl (C=O) groups is 1. The Kier molecular flexibility index (Phi) is 4.58. The molecular formula is C12H22O4S. The van der Waals surface area contributed by atoms with Gasteiger partial charge >= 0.3 is 5.97 Å². The predicted octanol–water partition coefficient (Wildman–Crippen LogP) is 2.09. The fraction of sp³-hybridized carbons (Fsp3) is 0.917. The van der Waals surface area contributed by atoms with E-state index in [1.165, 1.54) is 0 Å².